The van der Waals surface area contributed by atoms with Crippen molar-refractivity contribution in [2.24, 2.45) is 0 Å². The third kappa shape index (κ3) is 7.41. The maximum Gasteiger partial charge on any atom is 0.461 e. The highest BCUT2D eigenvalue weighted by molar-refractivity contribution is 5.90. The molecule has 4 rings (SSSR count). The summed E-state index contributed by atoms with van der Waals surface area (Å²) in [7, 11) is 0. The second kappa shape index (κ2) is 12.5. The van der Waals surface area contributed by atoms with Crippen LogP contribution in [0.3, 0.4) is 0 Å². The Labute approximate surface area is 244 Å². The number of hydrogen-bond acceptors (Lipinski definition) is 3. The summed E-state index contributed by atoms with van der Waals surface area (Å²) >= 11 is 0. The minimum Gasteiger partial charge on any atom is -0.428 e. The molecule has 1 aromatic heterocycles. The van der Waals surface area contributed by atoms with Crippen LogP contribution in [0.2, 0.25) is 0 Å². The lowest BCUT2D eigenvalue weighted by Crippen LogP contribution is -2.50. The van der Waals surface area contributed by atoms with E-state index >= 15 is 0 Å². The Bertz CT molecular complexity index is 1630. The number of aryl methyl sites for hydroxylation is 1. The van der Waals surface area contributed by atoms with Crippen LogP contribution in [0.15, 0.2) is 85.1 Å². The highest BCUT2D eigenvalue weighted by Gasteiger charge is 2.45. The monoisotopic (exact) mass is 627 g/mol. The van der Waals surface area contributed by atoms with E-state index < -0.39 is 70.8 Å². The van der Waals surface area contributed by atoms with Gasteiger partial charge in [0.15, 0.2) is 0 Å². The van der Waals surface area contributed by atoms with Crippen LogP contribution in [0.1, 0.15) is 27.9 Å². The van der Waals surface area contributed by atoms with Crippen molar-refractivity contribution in [1.82, 2.24) is 10.3 Å². The molecule has 0 fully saturated rings. The fourth-order valence-electron chi connectivity index (χ4n) is 4.52. The molecule has 0 saturated carbocycles. The largest absolute Gasteiger partial charge is 0.461 e. The second-order valence-corrected chi connectivity index (χ2v) is 9.67. The summed E-state index contributed by atoms with van der Waals surface area (Å²) in [5.74, 6) is -4.09. The highest BCUT2D eigenvalue weighted by atomic mass is 19.4. The molecule has 0 spiro atoms. The van der Waals surface area contributed by atoms with E-state index in [0.717, 1.165) is 6.07 Å². The SMILES string of the molecule is Cc1cc(NC(=O)N[C@@](Cc2ccccc2)(c2cc(F)cc(OC(F)(F)C(F)F)c2)c2ccc(F)c(C(F)(F)F)c2)ccn1. The molecular weight excluding hydrogens is 605 g/mol. The predicted molar refractivity (Wildman–Crippen MR) is 141 cm³/mol. The maximum atomic E-state index is 15.0. The molecule has 232 valence electrons. The minimum absolute atomic E-state index is 0.193. The molecule has 2 amide bonds. The number of alkyl halides is 7. The number of nitrogens with one attached hydrogen (secondary N) is 2. The number of amides is 2. The molecule has 0 bridgehead atoms. The molecule has 2 N–H and O–H groups in total. The standard InChI is InChI=1S/C30H22F9N3O2/c1-17-11-22(9-10-40-17)41-27(43)42-28(16-18-5-3-2-4-6-18,19-7-8-25(32)24(14-19)29(35,36)37)20-12-21(31)15-23(13-20)44-30(38,39)26(33)34/h2-15,26H,16H2,1H3,(H2,40,41,42,43)/t28-/m1/s1. The van der Waals surface area contributed by atoms with Crippen molar-refractivity contribution < 1.29 is 49.0 Å². The van der Waals surface area contributed by atoms with Crippen molar-refractivity contribution in [3.63, 3.8) is 0 Å². The number of carbonyl (C=O) groups excluding carboxylic acids is 1. The summed E-state index contributed by atoms with van der Waals surface area (Å²) in [6.45, 7) is 1.61. The lowest BCUT2D eigenvalue weighted by Gasteiger charge is -2.37. The number of pyridine rings is 1. The number of aromatic nitrogens is 1. The molecule has 4 aromatic rings. The molecule has 0 saturated heterocycles. The number of rotatable bonds is 9. The number of hydrogen-bond donors (Lipinski definition) is 2. The van der Waals surface area contributed by atoms with Gasteiger partial charge < -0.3 is 15.4 Å². The van der Waals surface area contributed by atoms with Crippen molar-refractivity contribution >= 4 is 11.7 Å². The van der Waals surface area contributed by atoms with Gasteiger partial charge in [-0.05, 0) is 60.0 Å². The Morgan fingerprint density at radius 3 is 2.23 bits per heavy atom. The zero-order valence-corrected chi connectivity index (χ0v) is 22.5. The van der Waals surface area contributed by atoms with Crippen molar-refractivity contribution in [2.75, 3.05) is 5.32 Å². The number of urea groups is 1. The van der Waals surface area contributed by atoms with E-state index in [4.69, 9.17) is 0 Å². The quantitative estimate of drug-likeness (QED) is 0.184. The fraction of sp³-hybridized carbons (Fsp3) is 0.200. The molecule has 5 nitrogen and oxygen atoms in total. The van der Waals surface area contributed by atoms with Gasteiger partial charge in [-0.2, -0.15) is 30.7 Å². The van der Waals surface area contributed by atoms with Crippen LogP contribution in [-0.4, -0.2) is 23.5 Å². The van der Waals surface area contributed by atoms with Crippen LogP contribution in [0.25, 0.3) is 0 Å². The lowest BCUT2D eigenvalue weighted by atomic mass is 9.77. The molecular formula is C30H22F9N3O2. The Morgan fingerprint density at radius 2 is 1.59 bits per heavy atom. The molecule has 0 radical (unpaired) electrons. The first-order valence-electron chi connectivity index (χ1n) is 12.7. The first kappa shape index (κ1) is 32.2. The van der Waals surface area contributed by atoms with Gasteiger partial charge in [-0.3, -0.25) is 4.98 Å². The molecule has 44 heavy (non-hydrogen) atoms. The zero-order chi connectivity index (χ0) is 32.3. The van der Waals surface area contributed by atoms with Crippen LogP contribution in [0.4, 0.5) is 50.0 Å². The predicted octanol–water partition coefficient (Wildman–Crippen LogP) is 8.23. The van der Waals surface area contributed by atoms with Crippen molar-refractivity contribution in [1.29, 1.82) is 0 Å². The number of anilines is 1. The summed E-state index contributed by atoms with van der Waals surface area (Å²) < 4.78 is 128. The molecule has 14 heteroatoms. The summed E-state index contributed by atoms with van der Waals surface area (Å²) in [5, 5.41) is 4.97. The highest BCUT2D eigenvalue weighted by Crippen LogP contribution is 2.40. The van der Waals surface area contributed by atoms with Gasteiger partial charge >= 0.3 is 24.7 Å². The van der Waals surface area contributed by atoms with Gasteiger partial charge in [0, 0.05) is 30.1 Å². The first-order chi connectivity index (χ1) is 20.6. The van der Waals surface area contributed by atoms with Gasteiger partial charge in [0.25, 0.3) is 0 Å². The van der Waals surface area contributed by atoms with Gasteiger partial charge in [-0.15, -0.1) is 0 Å². The minimum atomic E-state index is -5.22. The Morgan fingerprint density at radius 1 is 0.886 bits per heavy atom. The fourth-order valence-corrected chi connectivity index (χ4v) is 4.52. The van der Waals surface area contributed by atoms with E-state index in [2.05, 4.69) is 20.4 Å². The van der Waals surface area contributed by atoms with Crippen LogP contribution < -0.4 is 15.4 Å². The van der Waals surface area contributed by atoms with Crippen molar-refractivity contribution in [2.45, 2.75) is 37.6 Å². The Kier molecular flexibility index (Phi) is 9.11. The average molecular weight is 628 g/mol. The average Bonchev–Trinajstić information content (AvgIpc) is 2.92. The topological polar surface area (TPSA) is 63.2 Å². The summed E-state index contributed by atoms with van der Waals surface area (Å²) in [4.78, 5) is 17.4. The van der Waals surface area contributed by atoms with Crippen LogP contribution in [0.5, 0.6) is 5.75 Å². The second-order valence-electron chi connectivity index (χ2n) is 9.67. The molecule has 1 atom stereocenters. The van der Waals surface area contributed by atoms with Gasteiger partial charge in [0.1, 0.15) is 17.4 Å². The normalized spacial score (nSPS) is 13.3. The van der Waals surface area contributed by atoms with Gasteiger partial charge in [-0.25, -0.2) is 13.6 Å². The van der Waals surface area contributed by atoms with Crippen molar-refractivity contribution in [3.05, 3.63) is 125 Å². The molecule has 0 unspecified atom stereocenters. The number of ether oxygens (including phenoxy) is 1. The number of carbonyl (C=O) groups is 1. The molecule has 1 heterocycles. The lowest BCUT2D eigenvalue weighted by molar-refractivity contribution is -0.253. The Hall–Kier alpha value is -4.75. The molecule has 0 aliphatic carbocycles. The maximum absolute atomic E-state index is 15.0. The third-order valence-corrected chi connectivity index (χ3v) is 6.43. The molecule has 3 aromatic carbocycles. The van der Waals surface area contributed by atoms with Gasteiger partial charge in [-0.1, -0.05) is 36.4 Å². The smallest absolute Gasteiger partial charge is 0.428 e. The number of halogens is 9. The third-order valence-electron chi connectivity index (χ3n) is 6.43. The number of nitrogens with zero attached hydrogens (tertiary/aromatic N) is 1. The molecule has 0 aliphatic heterocycles. The zero-order valence-electron chi connectivity index (χ0n) is 22.5. The summed E-state index contributed by atoms with van der Waals surface area (Å²) in [5.41, 5.74) is -3.92. The van der Waals surface area contributed by atoms with Crippen LogP contribution >= 0.6 is 0 Å². The van der Waals surface area contributed by atoms with Gasteiger partial charge in [0.05, 0.1) is 11.1 Å². The van der Waals surface area contributed by atoms with E-state index in [9.17, 15) is 44.3 Å². The van der Waals surface area contributed by atoms with Crippen LogP contribution in [0, 0.1) is 18.6 Å². The Balaban J connectivity index is 1.98. The van der Waals surface area contributed by atoms with Gasteiger partial charge in [0.2, 0.25) is 0 Å². The first-order valence-corrected chi connectivity index (χ1v) is 12.7. The van der Waals surface area contributed by atoms with E-state index in [-0.39, 0.29) is 5.69 Å². The number of benzene rings is 3. The van der Waals surface area contributed by atoms with Crippen molar-refractivity contribution in [3.8, 4) is 5.75 Å². The molecule has 0 aliphatic rings. The van der Waals surface area contributed by atoms with E-state index in [1.807, 2.05) is 0 Å². The van der Waals surface area contributed by atoms with E-state index in [0.29, 0.717) is 41.6 Å². The summed E-state index contributed by atoms with van der Waals surface area (Å²) in [6.07, 6.45) is -13.7. The summed E-state index contributed by atoms with van der Waals surface area (Å²) in [6, 6.07) is 13.0. The van der Waals surface area contributed by atoms with Crippen LogP contribution in [-0.2, 0) is 18.1 Å². The van der Waals surface area contributed by atoms with E-state index in [1.165, 1.54) is 30.5 Å². The van der Waals surface area contributed by atoms with E-state index in [1.54, 1.807) is 25.1 Å².